The van der Waals surface area contributed by atoms with Gasteiger partial charge >= 0.3 is 0 Å². The van der Waals surface area contributed by atoms with Gasteiger partial charge in [-0.15, -0.1) is 0 Å². The van der Waals surface area contributed by atoms with Gasteiger partial charge in [0.25, 0.3) is 0 Å². The fourth-order valence-corrected chi connectivity index (χ4v) is 1.87. The van der Waals surface area contributed by atoms with Crippen LogP contribution in [0.5, 0.6) is 0 Å². The molecule has 2 aromatic rings. The molecule has 1 N–H and O–H groups in total. The third-order valence-electron chi connectivity index (χ3n) is 2.81. The predicted molar refractivity (Wildman–Crippen MR) is 77.3 cm³/mol. The van der Waals surface area contributed by atoms with Crippen molar-refractivity contribution >= 4 is 11.6 Å². The number of aromatic nitrogens is 3. The summed E-state index contributed by atoms with van der Waals surface area (Å²) in [5.41, 5.74) is 3.01. The van der Waals surface area contributed by atoms with Gasteiger partial charge in [-0.25, -0.2) is 0 Å². The molecule has 0 saturated heterocycles. The first kappa shape index (κ1) is 14.0. The average molecular weight is 279 g/mol. The number of hydrogen-bond acceptors (Lipinski definition) is 3. The van der Waals surface area contributed by atoms with E-state index in [-0.39, 0.29) is 0 Å². The lowest BCUT2D eigenvalue weighted by Gasteiger charge is -2.08. The van der Waals surface area contributed by atoms with Gasteiger partial charge in [-0.2, -0.15) is 5.10 Å². The molecule has 0 aliphatic rings. The third kappa shape index (κ3) is 4.04. The van der Waals surface area contributed by atoms with Crippen LogP contribution in [0.4, 0.5) is 0 Å². The van der Waals surface area contributed by atoms with Crippen LogP contribution in [0.1, 0.15) is 30.8 Å². The lowest BCUT2D eigenvalue weighted by atomic mass is 10.2. The normalized spacial score (nSPS) is 11.2. The van der Waals surface area contributed by atoms with E-state index in [2.05, 4.69) is 35.3 Å². The van der Waals surface area contributed by atoms with Crippen molar-refractivity contribution in [1.82, 2.24) is 20.1 Å². The number of halogens is 1. The van der Waals surface area contributed by atoms with Gasteiger partial charge in [-0.3, -0.25) is 9.67 Å². The highest BCUT2D eigenvalue weighted by Gasteiger charge is 2.03. The zero-order valence-electron chi connectivity index (χ0n) is 11.5. The van der Waals surface area contributed by atoms with E-state index >= 15 is 0 Å². The molecule has 0 aromatic carbocycles. The number of pyridine rings is 1. The summed E-state index contributed by atoms with van der Waals surface area (Å²) in [5, 5.41) is 8.38. The molecule has 19 heavy (non-hydrogen) atoms. The van der Waals surface area contributed by atoms with Gasteiger partial charge in [0.2, 0.25) is 0 Å². The zero-order valence-corrected chi connectivity index (χ0v) is 12.3. The second-order valence-corrected chi connectivity index (χ2v) is 5.36. The number of hydrogen-bond donors (Lipinski definition) is 1. The lowest BCUT2D eigenvalue weighted by molar-refractivity contribution is 0.587. The van der Waals surface area contributed by atoms with E-state index in [0.717, 1.165) is 17.9 Å². The van der Waals surface area contributed by atoms with Crippen molar-refractivity contribution < 1.29 is 0 Å². The molecule has 2 rings (SSSR count). The molecule has 0 aliphatic carbocycles. The molecule has 0 amide bonds. The molecule has 0 unspecified atom stereocenters. The number of aryl methyl sites for hydroxylation is 1. The Labute approximate surface area is 118 Å². The van der Waals surface area contributed by atoms with E-state index in [4.69, 9.17) is 11.6 Å². The summed E-state index contributed by atoms with van der Waals surface area (Å²) in [6.45, 7) is 7.65. The van der Waals surface area contributed by atoms with Gasteiger partial charge in [0.1, 0.15) is 0 Å². The lowest BCUT2D eigenvalue weighted by Crippen LogP contribution is -2.21. The molecule has 2 aromatic heterocycles. The summed E-state index contributed by atoms with van der Waals surface area (Å²) in [5.74, 6) is 0. The Hall–Kier alpha value is -1.39. The molecular weight excluding hydrogens is 260 g/mol. The van der Waals surface area contributed by atoms with Gasteiger partial charge < -0.3 is 5.32 Å². The highest BCUT2D eigenvalue weighted by atomic mass is 35.5. The molecule has 0 bridgehead atoms. The van der Waals surface area contributed by atoms with Crippen LogP contribution in [-0.2, 0) is 13.1 Å². The molecule has 0 fully saturated rings. The van der Waals surface area contributed by atoms with E-state index in [1.165, 1.54) is 5.56 Å². The standard InChI is InChI=1S/C14H19ClN4/c1-10(2)16-6-12-4-5-13(17-7-12)8-19-9-14(15)11(3)18-19/h4-5,7,9-10,16H,6,8H2,1-3H3. The van der Waals surface area contributed by atoms with E-state index in [0.29, 0.717) is 17.6 Å². The largest absolute Gasteiger partial charge is 0.310 e. The Morgan fingerprint density at radius 2 is 2.16 bits per heavy atom. The Morgan fingerprint density at radius 1 is 1.37 bits per heavy atom. The maximum Gasteiger partial charge on any atom is 0.0831 e. The van der Waals surface area contributed by atoms with Crippen molar-refractivity contribution in [3.05, 3.63) is 46.5 Å². The van der Waals surface area contributed by atoms with Crippen LogP contribution in [0, 0.1) is 6.92 Å². The molecular formula is C14H19ClN4. The number of rotatable bonds is 5. The Bertz CT molecular complexity index is 511. The molecule has 0 spiro atoms. The average Bonchev–Trinajstić information content (AvgIpc) is 2.67. The van der Waals surface area contributed by atoms with Crippen LogP contribution in [-0.4, -0.2) is 20.8 Å². The minimum Gasteiger partial charge on any atom is -0.310 e. The first-order valence-electron chi connectivity index (χ1n) is 6.41. The van der Waals surface area contributed by atoms with Crippen LogP contribution in [0.2, 0.25) is 5.02 Å². The van der Waals surface area contributed by atoms with Gasteiger partial charge in [-0.1, -0.05) is 31.5 Å². The fourth-order valence-electron chi connectivity index (χ4n) is 1.72. The Balaban J connectivity index is 1.98. The maximum absolute atomic E-state index is 5.98. The second kappa shape index (κ2) is 6.17. The zero-order chi connectivity index (χ0) is 13.8. The van der Waals surface area contributed by atoms with E-state index in [9.17, 15) is 0 Å². The van der Waals surface area contributed by atoms with Gasteiger partial charge in [0.15, 0.2) is 0 Å². The van der Waals surface area contributed by atoms with Crippen LogP contribution in [0.15, 0.2) is 24.5 Å². The monoisotopic (exact) mass is 278 g/mol. The summed E-state index contributed by atoms with van der Waals surface area (Å²) >= 11 is 5.98. The van der Waals surface area contributed by atoms with Crippen LogP contribution in [0.3, 0.4) is 0 Å². The Morgan fingerprint density at radius 3 is 2.68 bits per heavy atom. The van der Waals surface area contributed by atoms with Crippen molar-refractivity contribution in [2.24, 2.45) is 0 Å². The van der Waals surface area contributed by atoms with E-state index < -0.39 is 0 Å². The number of nitrogens with zero attached hydrogens (tertiary/aromatic N) is 3. The maximum atomic E-state index is 5.98. The van der Waals surface area contributed by atoms with Crippen molar-refractivity contribution in [2.45, 2.75) is 39.9 Å². The Kier molecular flexibility index (Phi) is 4.56. The van der Waals surface area contributed by atoms with Crippen LogP contribution in [0.25, 0.3) is 0 Å². The van der Waals surface area contributed by atoms with E-state index in [1.807, 2.05) is 30.1 Å². The summed E-state index contributed by atoms with van der Waals surface area (Å²) in [7, 11) is 0. The summed E-state index contributed by atoms with van der Waals surface area (Å²) in [4.78, 5) is 4.45. The van der Waals surface area contributed by atoms with Gasteiger partial charge in [0.05, 0.1) is 23.0 Å². The molecule has 0 radical (unpaired) electrons. The SMILES string of the molecule is Cc1nn(Cc2ccc(CNC(C)C)cn2)cc1Cl. The quantitative estimate of drug-likeness (QED) is 0.914. The van der Waals surface area contributed by atoms with Crippen molar-refractivity contribution in [1.29, 1.82) is 0 Å². The molecule has 0 aliphatic heterocycles. The molecule has 2 heterocycles. The van der Waals surface area contributed by atoms with Crippen LogP contribution < -0.4 is 5.32 Å². The summed E-state index contributed by atoms with van der Waals surface area (Å²) in [6, 6.07) is 4.60. The highest BCUT2D eigenvalue weighted by Crippen LogP contribution is 2.13. The molecule has 102 valence electrons. The number of nitrogens with one attached hydrogen (secondary N) is 1. The topological polar surface area (TPSA) is 42.7 Å². The van der Waals surface area contributed by atoms with Crippen molar-refractivity contribution in [3.8, 4) is 0 Å². The van der Waals surface area contributed by atoms with Crippen molar-refractivity contribution in [2.75, 3.05) is 0 Å². The first-order chi connectivity index (χ1) is 9.04. The van der Waals surface area contributed by atoms with Gasteiger partial charge in [0, 0.05) is 25.0 Å². The van der Waals surface area contributed by atoms with Crippen molar-refractivity contribution in [3.63, 3.8) is 0 Å². The summed E-state index contributed by atoms with van der Waals surface area (Å²) in [6.07, 6.45) is 3.73. The minimum absolute atomic E-state index is 0.480. The molecule has 4 nitrogen and oxygen atoms in total. The first-order valence-corrected chi connectivity index (χ1v) is 6.79. The molecule has 5 heteroatoms. The predicted octanol–water partition coefficient (Wildman–Crippen LogP) is 2.79. The minimum atomic E-state index is 0.480. The molecule has 0 atom stereocenters. The third-order valence-corrected chi connectivity index (χ3v) is 3.18. The van der Waals surface area contributed by atoms with E-state index in [1.54, 1.807) is 0 Å². The smallest absolute Gasteiger partial charge is 0.0831 e. The van der Waals surface area contributed by atoms with Crippen LogP contribution >= 0.6 is 11.6 Å². The van der Waals surface area contributed by atoms with Gasteiger partial charge in [-0.05, 0) is 18.6 Å². The summed E-state index contributed by atoms with van der Waals surface area (Å²) < 4.78 is 1.81. The highest BCUT2D eigenvalue weighted by molar-refractivity contribution is 6.31. The fraction of sp³-hybridized carbons (Fsp3) is 0.429. The second-order valence-electron chi connectivity index (χ2n) is 4.95. The molecule has 0 saturated carbocycles.